The molecule has 1 amide bonds. The SMILES string of the molecule is C#CCNC(=O)C=Cc1csc(-c2ccc(F)cc2)n1. The number of thiazole rings is 1. The molecule has 20 heavy (non-hydrogen) atoms. The van der Waals surface area contributed by atoms with E-state index in [0.717, 1.165) is 10.6 Å². The molecule has 0 spiro atoms. The van der Waals surface area contributed by atoms with Gasteiger partial charge in [0.05, 0.1) is 12.2 Å². The van der Waals surface area contributed by atoms with Crippen LogP contribution in [0.2, 0.25) is 0 Å². The molecule has 1 heterocycles. The number of nitrogens with one attached hydrogen (secondary N) is 1. The Hall–Kier alpha value is -2.45. The van der Waals surface area contributed by atoms with Crippen molar-refractivity contribution in [3.8, 4) is 22.9 Å². The van der Waals surface area contributed by atoms with Gasteiger partial charge in [-0.25, -0.2) is 9.37 Å². The van der Waals surface area contributed by atoms with Crippen LogP contribution in [0.25, 0.3) is 16.6 Å². The first-order chi connectivity index (χ1) is 9.69. The molecule has 0 unspecified atom stereocenters. The Kier molecular flexibility index (Phi) is 4.64. The highest BCUT2D eigenvalue weighted by Crippen LogP contribution is 2.24. The highest BCUT2D eigenvalue weighted by Gasteiger charge is 2.03. The third kappa shape index (κ3) is 3.77. The lowest BCUT2D eigenvalue weighted by Gasteiger charge is -1.95. The summed E-state index contributed by atoms with van der Waals surface area (Å²) in [7, 11) is 0. The number of hydrogen-bond acceptors (Lipinski definition) is 3. The number of nitrogens with zero attached hydrogens (tertiary/aromatic N) is 1. The van der Waals surface area contributed by atoms with E-state index in [1.807, 2.05) is 5.38 Å². The molecule has 5 heteroatoms. The minimum Gasteiger partial charge on any atom is -0.342 e. The van der Waals surface area contributed by atoms with Crippen LogP contribution in [0, 0.1) is 18.2 Å². The van der Waals surface area contributed by atoms with Gasteiger partial charge in [-0.3, -0.25) is 4.79 Å². The molecule has 1 aromatic carbocycles. The van der Waals surface area contributed by atoms with Gasteiger partial charge in [-0.1, -0.05) is 5.92 Å². The molecule has 0 aliphatic rings. The predicted molar refractivity (Wildman–Crippen MR) is 78.4 cm³/mol. The van der Waals surface area contributed by atoms with E-state index in [9.17, 15) is 9.18 Å². The summed E-state index contributed by atoms with van der Waals surface area (Å²) in [5, 5.41) is 5.11. The molecule has 0 saturated carbocycles. The molecule has 0 bridgehead atoms. The first-order valence-corrected chi connectivity index (χ1v) is 6.68. The van der Waals surface area contributed by atoms with E-state index >= 15 is 0 Å². The second-order valence-corrected chi connectivity index (χ2v) is 4.70. The maximum atomic E-state index is 12.8. The first kappa shape index (κ1) is 14.0. The average Bonchev–Trinajstić information content (AvgIpc) is 2.92. The molecule has 1 N–H and O–H groups in total. The monoisotopic (exact) mass is 286 g/mol. The lowest BCUT2D eigenvalue weighted by molar-refractivity contribution is -0.116. The fourth-order valence-corrected chi connectivity index (χ4v) is 2.24. The van der Waals surface area contributed by atoms with Crippen LogP contribution in [0.15, 0.2) is 35.7 Å². The number of halogens is 1. The van der Waals surface area contributed by atoms with Crippen LogP contribution in [0.3, 0.4) is 0 Å². The molecule has 0 radical (unpaired) electrons. The van der Waals surface area contributed by atoms with E-state index in [4.69, 9.17) is 6.42 Å². The average molecular weight is 286 g/mol. The summed E-state index contributed by atoms with van der Waals surface area (Å²) in [5.74, 6) is 1.77. The summed E-state index contributed by atoms with van der Waals surface area (Å²) < 4.78 is 12.8. The lowest BCUT2D eigenvalue weighted by atomic mass is 10.2. The quantitative estimate of drug-likeness (QED) is 0.693. The van der Waals surface area contributed by atoms with Gasteiger partial charge in [0.25, 0.3) is 0 Å². The largest absolute Gasteiger partial charge is 0.342 e. The van der Waals surface area contributed by atoms with Crippen LogP contribution in [0.5, 0.6) is 0 Å². The molecular formula is C15H11FN2OS. The van der Waals surface area contributed by atoms with Crippen molar-refractivity contribution in [1.82, 2.24) is 10.3 Å². The third-order valence-corrected chi connectivity index (χ3v) is 3.29. The normalized spacial score (nSPS) is 10.4. The van der Waals surface area contributed by atoms with Crippen LogP contribution in [-0.4, -0.2) is 17.4 Å². The maximum absolute atomic E-state index is 12.8. The minimum absolute atomic E-state index is 0.196. The Morgan fingerprint density at radius 1 is 1.45 bits per heavy atom. The molecule has 1 aromatic heterocycles. The zero-order valence-electron chi connectivity index (χ0n) is 10.5. The molecule has 2 aromatic rings. The van der Waals surface area contributed by atoms with Gasteiger partial charge in [0.2, 0.25) is 5.91 Å². The van der Waals surface area contributed by atoms with Gasteiger partial charge < -0.3 is 5.32 Å². The Bertz CT molecular complexity index is 668. The van der Waals surface area contributed by atoms with Crippen LogP contribution in [0.4, 0.5) is 4.39 Å². The smallest absolute Gasteiger partial charge is 0.244 e. The highest BCUT2D eigenvalue weighted by molar-refractivity contribution is 7.13. The summed E-state index contributed by atoms with van der Waals surface area (Å²) in [6, 6.07) is 6.11. The first-order valence-electron chi connectivity index (χ1n) is 5.80. The maximum Gasteiger partial charge on any atom is 0.244 e. The fourth-order valence-electron chi connectivity index (χ4n) is 1.45. The summed E-state index contributed by atoms with van der Waals surface area (Å²) >= 11 is 1.43. The fraction of sp³-hybridized carbons (Fsp3) is 0.0667. The van der Waals surface area contributed by atoms with Crippen molar-refractivity contribution in [2.75, 3.05) is 6.54 Å². The Labute approximate surface area is 120 Å². The van der Waals surface area contributed by atoms with E-state index < -0.39 is 0 Å². The summed E-state index contributed by atoms with van der Waals surface area (Å²) in [6.45, 7) is 0.196. The molecule has 3 nitrogen and oxygen atoms in total. The van der Waals surface area contributed by atoms with E-state index in [1.165, 1.54) is 29.5 Å². The van der Waals surface area contributed by atoms with Crippen LogP contribution in [-0.2, 0) is 4.79 Å². The number of aromatic nitrogens is 1. The summed E-state index contributed by atoms with van der Waals surface area (Å²) in [6.07, 6.45) is 8.02. The zero-order chi connectivity index (χ0) is 14.4. The van der Waals surface area contributed by atoms with Crippen LogP contribution >= 0.6 is 11.3 Å². The van der Waals surface area contributed by atoms with Gasteiger partial charge in [-0.15, -0.1) is 17.8 Å². The van der Waals surface area contributed by atoms with Gasteiger partial charge >= 0.3 is 0 Å². The number of carbonyl (C=O) groups excluding carboxylic acids is 1. The topological polar surface area (TPSA) is 42.0 Å². The Balaban J connectivity index is 2.06. The molecule has 100 valence electrons. The van der Waals surface area contributed by atoms with Gasteiger partial charge in [0.1, 0.15) is 10.8 Å². The van der Waals surface area contributed by atoms with Gasteiger partial charge in [-0.05, 0) is 30.3 Å². The molecule has 0 aliphatic carbocycles. The molecule has 2 rings (SSSR count). The van der Waals surface area contributed by atoms with Crippen molar-refractivity contribution >= 4 is 23.3 Å². The van der Waals surface area contributed by atoms with Gasteiger partial charge in [0, 0.05) is 17.0 Å². The second-order valence-electron chi connectivity index (χ2n) is 3.84. The van der Waals surface area contributed by atoms with Crippen LogP contribution < -0.4 is 5.32 Å². The highest BCUT2D eigenvalue weighted by atomic mass is 32.1. The van der Waals surface area contributed by atoms with Crippen molar-refractivity contribution in [2.45, 2.75) is 0 Å². The number of benzene rings is 1. The van der Waals surface area contributed by atoms with Crippen molar-refractivity contribution in [2.24, 2.45) is 0 Å². The van der Waals surface area contributed by atoms with Gasteiger partial charge in [-0.2, -0.15) is 0 Å². The molecular weight excluding hydrogens is 275 g/mol. The standard InChI is InChI=1S/C15H11FN2OS/c1-2-9-17-14(19)8-7-13-10-20-15(18-13)11-3-5-12(16)6-4-11/h1,3-8,10H,9H2,(H,17,19). The molecule has 0 atom stereocenters. The summed E-state index contributed by atoms with van der Waals surface area (Å²) in [5.41, 5.74) is 1.51. The van der Waals surface area contributed by atoms with Crippen LogP contribution in [0.1, 0.15) is 5.69 Å². The number of carbonyl (C=O) groups is 1. The van der Waals surface area contributed by atoms with E-state index in [1.54, 1.807) is 18.2 Å². The third-order valence-electron chi connectivity index (χ3n) is 2.38. The number of terminal acetylenes is 1. The Morgan fingerprint density at radius 3 is 2.90 bits per heavy atom. The predicted octanol–water partition coefficient (Wildman–Crippen LogP) is 2.71. The molecule has 0 saturated heterocycles. The van der Waals surface area contributed by atoms with Crippen molar-refractivity contribution in [3.63, 3.8) is 0 Å². The number of hydrogen-bond donors (Lipinski definition) is 1. The van der Waals surface area contributed by atoms with E-state index in [-0.39, 0.29) is 18.3 Å². The minimum atomic E-state index is -0.282. The van der Waals surface area contributed by atoms with E-state index in [0.29, 0.717) is 5.69 Å². The number of amides is 1. The van der Waals surface area contributed by atoms with E-state index in [2.05, 4.69) is 16.2 Å². The van der Waals surface area contributed by atoms with Gasteiger partial charge in [0.15, 0.2) is 0 Å². The lowest BCUT2D eigenvalue weighted by Crippen LogP contribution is -2.20. The van der Waals surface area contributed by atoms with Crippen molar-refractivity contribution < 1.29 is 9.18 Å². The number of rotatable bonds is 4. The Morgan fingerprint density at radius 2 is 2.20 bits per heavy atom. The zero-order valence-corrected chi connectivity index (χ0v) is 11.3. The summed E-state index contributed by atoms with van der Waals surface area (Å²) in [4.78, 5) is 15.7. The molecule has 0 fully saturated rings. The second kappa shape index (κ2) is 6.64. The van der Waals surface area contributed by atoms with Crippen molar-refractivity contribution in [1.29, 1.82) is 0 Å². The van der Waals surface area contributed by atoms with Crippen molar-refractivity contribution in [3.05, 3.63) is 47.2 Å². The molecule has 0 aliphatic heterocycles.